The Morgan fingerprint density at radius 3 is 3.16 bits per heavy atom. The predicted molar refractivity (Wildman–Crippen MR) is 79.4 cm³/mol. The van der Waals surface area contributed by atoms with Crippen LogP contribution in [-0.4, -0.2) is 27.6 Å². The zero-order valence-electron chi connectivity index (χ0n) is 10.7. The molecule has 0 spiro atoms. The van der Waals surface area contributed by atoms with Crippen LogP contribution in [0.2, 0.25) is 0 Å². The number of aliphatic hydroxyl groups excluding tert-OH is 1. The summed E-state index contributed by atoms with van der Waals surface area (Å²) in [5.74, 6) is 0. The highest BCUT2D eigenvalue weighted by Crippen LogP contribution is 2.30. The Balaban J connectivity index is 1.60. The molecule has 1 aliphatic rings. The Morgan fingerprint density at radius 2 is 2.42 bits per heavy atom. The first kappa shape index (κ1) is 13.2. The highest BCUT2D eigenvalue weighted by atomic mass is 32.1. The van der Waals surface area contributed by atoms with Crippen LogP contribution in [-0.2, 0) is 6.54 Å². The standard InChI is InChI=1S/C14H18N2OS2/c17-13(14-4-2-6-18-14)7-11-3-1-5-16(11)9-12-8-15-10-19-12/h2,4,6,8,10-11,13,17H,1,3,5,7,9H2. The SMILES string of the molecule is OC(CC1CCCN1Cc1cncs1)c1cccs1. The molecule has 1 N–H and O–H groups in total. The van der Waals surface area contributed by atoms with E-state index in [0.717, 1.165) is 24.4 Å². The molecule has 2 atom stereocenters. The summed E-state index contributed by atoms with van der Waals surface area (Å²) in [5, 5.41) is 12.3. The largest absolute Gasteiger partial charge is 0.388 e. The minimum atomic E-state index is -0.313. The fraction of sp³-hybridized carbons (Fsp3) is 0.500. The molecule has 3 rings (SSSR count). The molecule has 1 aliphatic heterocycles. The topological polar surface area (TPSA) is 36.4 Å². The van der Waals surface area contributed by atoms with Gasteiger partial charge in [-0.3, -0.25) is 9.88 Å². The van der Waals surface area contributed by atoms with Crippen molar-refractivity contribution in [2.24, 2.45) is 0 Å². The van der Waals surface area contributed by atoms with Gasteiger partial charge in [-0.2, -0.15) is 0 Å². The highest BCUT2D eigenvalue weighted by Gasteiger charge is 2.27. The van der Waals surface area contributed by atoms with Gasteiger partial charge in [-0.25, -0.2) is 0 Å². The van der Waals surface area contributed by atoms with E-state index in [1.165, 1.54) is 17.7 Å². The Kier molecular flexibility index (Phi) is 4.28. The minimum Gasteiger partial charge on any atom is -0.388 e. The average molecular weight is 294 g/mol. The van der Waals surface area contributed by atoms with Gasteiger partial charge in [0, 0.05) is 28.5 Å². The van der Waals surface area contributed by atoms with Crippen molar-refractivity contribution in [3.8, 4) is 0 Å². The summed E-state index contributed by atoms with van der Waals surface area (Å²) >= 11 is 3.36. The molecular weight excluding hydrogens is 276 g/mol. The van der Waals surface area contributed by atoms with Crippen LogP contribution in [0.1, 0.15) is 35.1 Å². The Hall–Kier alpha value is -0.750. The first-order chi connectivity index (χ1) is 9.33. The molecule has 2 aromatic heterocycles. The third-order valence-electron chi connectivity index (χ3n) is 3.71. The van der Waals surface area contributed by atoms with E-state index in [-0.39, 0.29) is 6.10 Å². The van der Waals surface area contributed by atoms with Gasteiger partial charge in [0.05, 0.1) is 11.6 Å². The summed E-state index contributed by atoms with van der Waals surface area (Å²) in [6.07, 6.45) is 4.92. The number of hydrogen-bond acceptors (Lipinski definition) is 5. The molecule has 5 heteroatoms. The summed E-state index contributed by atoms with van der Waals surface area (Å²) < 4.78 is 0. The van der Waals surface area contributed by atoms with Crippen LogP contribution in [0.4, 0.5) is 0 Å². The van der Waals surface area contributed by atoms with Gasteiger partial charge < -0.3 is 5.11 Å². The summed E-state index contributed by atoms with van der Waals surface area (Å²) in [7, 11) is 0. The summed E-state index contributed by atoms with van der Waals surface area (Å²) in [4.78, 5) is 9.03. The molecule has 0 saturated carbocycles. The number of hydrogen-bond donors (Lipinski definition) is 1. The number of thiazole rings is 1. The van der Waals surface area contributed by atoms with E-state index in [2.05, 4.69) is 9.88 Å². The van der Waals surface area contributed by atoms with Gasteiger partial charge in [-0.05, 0) is 37.3 Å². The Labute approximate surface area is 121 Å². The van der Waals surface area contributed by atoms with Crippen LogP contribution in [0.15, 0.2) is 29.2 Å². The number of aromatic nitrogens is 1. The van der Waals surface area contributed by atoms with Crippen molar-refractivity contribution < 1.29 is 5.11 Å². The molecule has 102 valence electrons. The zero-order valence-corrected chi connectivity index (χ0v) is 12.4. The summed E-state index contributed by atoms with van der Waals surface area (Å²) in [6.45, 7) is 2.12. The lowest BCUT2D eigenvalue weighted by atomic mass is 10.1. The maximum Gasteiger partial charge on any atom is 0.0896 e. The van der Waals surface area contributed by atoms with E-state index < -0.39 is 0 Å². The Morgan fingerprint density at radius 1 is 1.47 bits per heavy atom. The van der Waals surface area contributed by atoms with Crippen LogP contribution in [0.5, 0.6) is 0 Å². The average Bonchev–Trinajstić information content (AvgIpc) is 3.12. The molecular formula is C14H18N2OS2. The first-order valence-electron chi connectivity index (χ1n) is 6.66. The van der Waals surface area contributed by atoms with Crippen LogP contribution < -0.4 is 0 Å². The second-order valence-corrected chi connectivity index (χ2v) is 6.95. The maximum atomic E-state index is 10.3. The normalized spacial score (nSPS) is 21.8. The van der Waals surface area contributed by atoms with E-state index in [1.807, 2.05) is 29.2 Å². The van der Waals surface area contributed by atoms with E-state index in [9.17, 15) is 5.11 Å². The number of nitrogens with zero attached hydrogens (tertiary/aromatic N) is 2. The van der Waals surface area contributed by atoms with Crippen molar-refractivity contribution in [3.63, 3.8) is 0 Å². The quantitative estimate of drug-likeness (QED) is 0.919. The van der Waals surface area contributed by atoms with Gasteiger partial charge in [0.1, 0.15) is 0 Å². The maximum absolute atomic E-state index is 10.3. The summed E-state index contributed by atoms with van der Waals surface area (Å²) in [5.41, 5.74) is 1.89. The molecule has 3 nitrogen and oxygen atoms in total. The lowest BCUT2D eigenvalue weighted by Crippen LogP contribution is -2.30. The van der Waals surface area contributed by atoms with Crippen LogP contribution >= 0.6 is 22.7 Å². The second-order valence-electron chi connectivity index (χ2n) is 5.00. The third-order valence-corrected chi connectivity index (χ3v) is 5.45. The van der Waals surface area contributed by atoms with E-state index >= 15 is 0 Å². The fourth-order valence-corrected chi connectivity index (χ4v) is 4.09. The molecule has 0 aliphatic carbocycles. The molecule has 2 unspecified atom stereocenters. The van der Waals surface area contributed by atoms with Gasteiger partial charge in [-0.15, -0.1) is 22.7 Å². The van der Waals surface area contributed by atoms with E-state index in [4.69, 9.17) is 0 Å². The second kappa shape index (κ2) is 6.13. The predicted octanol–water partition coefficient (Wildman–Crippen LogP) is 3.29. The van der Waals surface area contributed by atoms with Crippen molar-refractivity contribution >= 4 is 22.7 Å². The minimum absolute atomic E-state index is 0.313. The van der Waals surface area contributed by atoms with Crippen LogP contribution in [0, 0.1) is 0 Å². The van der Waals surface area contributed by atoms with Gasteiger partial charge in [0.25, 0.3) is 0 Å². The first-order valence-corrected chi connectivity index (χ1v) is 8.42. The van der Waals surface area contributed by atoms with Crippen molar-refractivity contribution in [2.45, 2.75) is 38.0 Å². The number of rotatable bonds is 5. The molecule has 3 heterocycles. The zero-order chi connectivity index (χ0) is 13.1. The van der Waals surface area contributed by atoms with E-state index in [0.29, 0.717) is 6.04 Å². The fourth-order valence-electron chi connectivity index (χ4n) is 2.75. The number of likely N-dealkylation sites (tertiary alicyclic amines) is 1. The molecule has 19 heavy (non-hydrogen) atoms. The third kappa shape index (κ3) is 3.23. The van der Waals surface area contributed by atoms with Gasteiger partial charge in [0.15, 0.2) is 0 Å². The number of thiophene rings is 1. The van der Waals surface area contributed by atoms with Crippen molar-refractivity contribution in [3.05, 3.63) is 39.0 Å². The molecule has 0 bridgehead atoms. The molecule has 1 saturated heterocycles. The van der Waals surface area contributed by atoms with Crippen molar-refractivity contribution in [1.29, 1.82) is 0 Å². The summed E-state index contributed by atoms with van der Waals surface area (Å²) in [6, 6.07) is 4.53. The highest BCUT2D eigenvalue weighted by molar-refractivity contribution is 7.10. The van der Waals surface area contributed by atoms with Crippen molar-refractivity contribution in [1.82, 2.24) is 9.88 Å². The molecule has 2 aromatic rings. The van der Waals surface area contributed by atoms with Crippen LogP contribution in [0.25, 0.3) is 0 Å². The lowest BCUT2D eigenvalue weighted by Gasteiger charge is -2.25. The molecule has 0 amide bonds. The lowest BCUT2D eigenvalue weighted by molar-refractivity contribution is 0.121. The van der Waals surface area contributed by atoms with Gasteiger partial charge in [-0.1, -0.05) is 6.07 Å². The van der Waals surface area contributed by atoms with Gasteiger partial charge >= 0.3 is 0 Å². The van der Waals surface area contributed by atoms with Crippen LogP contribution in [0.3, 0.4) is 0 Å². The number of aliphatic hydroxyl groups is 1. The smallest absolute Gasteiger partial charge is 0.0896 e. The molecule has 0 radical (unpaired) electrons. The monoisotopic (exact) mass is 294 g/mol. The van der Waals surface area contributed by atoms with Crippen molar-refractivity contribution in [2.75, 3.05) is 6.54 Å². The van der Waals surface area contributed by atoms with E-state index in [1.54, 1.807) is 22.7 Å². The molecule has 1 fully saturated rings. The van der Waals surface area contributed by atoms with Gasteiger partial charge in [0.2, 0.25) is 0 Å². The molecule has 0 aromatic carbocycles. The Bertz CT molecular complexity index is 484.